The number of hydrogen-bond donors (Lipinski definition) is 1. The van der Waals surface area contributed by atoms with Gasteiger partial charge in [-0.3, -0.25) is 4.68 Å². The lowest BCUT2D eigenvalue weighted by atomic mass is 10.1. The van der Waals surface area contributed by atoms with Crippen molar-refractivity contribution in [2.24, 2.45) is 7.05 Å². The standard InChI is InChI=1S/C9H13N3/c1-12-8-5-10-4-7(8)9(11-12)6-2-3-6/h6,10H,2-5H2,1H3. The average Bonchev–Trinajstić information content (AvgIpc) is 2.68. The van der Waals surface area contributed by atoms with Crippen molar-refractivity contribution in [1.82, 2.24) is 15.1 Å². The summed E-state index contributed by atoms with van der Waals surface area (Å²) >= 11 is 0. The highest BCUT2D eigenvalue weighted by Crippen LogP contribution is 2.42. The quantitative estimate of drug-likeness (QED) is 0.666. The van der Waals surface area contributed by atoms with E-state index in [2.05, 4.69) is 17.5 Å². The molecule has 1 aromatic rings. The van der Waals surface area contributed by atoms with Crippen LogP contribution in [0.1, 0.15) is 35.7 Å². The minimum atomic E-state index is 0.792. The molecule has 0 saturated heterocycles. The Kier molecular flexibility index (Phi) is 1.17. The summed E-state index contributed by atoms with van der Waals surface area (Å²) in [4.78, 5) is 0. The number of hydrogen-bond acceptors (Lipinski definition) is 2. The lowest BCUT2D eigenvalue weighted by Crippen LogP contribution is -2.06. The van der Waals surface area contributed by atoms with E-state index in [-0.39, 0.29) is 0 Å². The molecular weight excluding hydrogens is 150 g/mol. The molecule has 0 bridgehead atoms. The summed E-state index contributed by atoms with van der Waals surface area (Å²) in [6.45, 7) is 2.04. The van der Waals surface area contributed by atoms with E-state index in [0.29, 0.717) is 0 Å². The van der Waals surface area contributed by atoms with Crippen LogP contribution in [0.3, 0.4) is 0 Å². The van der Waals surface area contributed by atoms with Crippen molar-refractivity contribution in [3.63, 3.8) is 0 Å². The van der Waals surface area contributed by atoms with Crippen molar-refractivity contribution < 1.29 is 0 Å². The maximum absolute atomic E-state index is 4.57. The number of fused-ring (bicyclic) bond motifs is 1. The van der Waals surface area contributed by atoms with Gasteiger partial charge < -0.3 is 5.32 Å². The third kappa shape index (κ3) is 0.771. The maximum Gasteiger partial charge on any atom is 0.0703 e. The molecule has 0 aromatic carbocycles. The van der Waals surface area contributed by atoms with E-state index in [1.165, 1.54) is 29.8 Å². The minimum Gasteiger partial charge on any atom is -0.307 e. The first kappa shape index (κ1) is 6.66. The van der Waals surface area contributed by atoms with Crippen LogP contribution in [0.5, 0.6) is 0 Å². The summed E-state index contributed by atoms with van der Waals surface area (Å²) < 4.78 is 2.04. The number of nitrogens with one attached hydrogen (secondary N) is 1. The summed E-state index contributed by atoms with van der Waals surface area (Å²) in [5, 5.41) is 7.94. The Morgan fingerprint density at radius 3 is 3.00 bits per heavy atom. The van der Waals surface area contributed by atoms with Gasteiger partial charge in [0.05, 0.1) is 11.4 Å². The fourth-order valence-electron chi connectivity index (χ4n) is 2.03. The van der Waals surface area contributed by atoms with Gasteiger partial charge in [0.25, 0.3) is 0 Å². The molecule has 1 aromatic heterocycles. The zero-order valence-electron chi connectivity index (χ0n) is 7.30. The van der Waals surface area contributed by atoms with Gasteiger partial charge in [-0.05, 0) is 12.8 Å². The third-order valence-corrected chi connectivity index (χ3v) is 2.86. The highest BCUT2D eigenvalue weighted by Gasteiger charge is 2.32. The van der Waals surface area contributed by atoms with Crippen molar-refractivity contribution >= 4 is 0 Å². The van der Waals surface area contributed by atoms with Crippen LogP contribution in [-0.4, -0.2) is 9.78 Å². The smallest absolute Gasteiger partial charge is 0.0703 e. The van der Waals surface area contributed by atoms with E-state index in [9.17, 15) is 0 Å². The lowest BCUT2D eigenvalue weighted by molar-refractivity contribution is 0.655. The maximum atomic E-state index is 4.57. The predicted octanol–water partition coefficient (Wildman–Crippen LogP) is 0.901. The van der Waals surface area contributed by atoms with Gasteiger partial charge >= 0.3 is 0 Å². The Balaban J connectivity index is 2.13. The lowest BCUT2D eigenvalue weighted by Gasteiger charge is -1.95. The van der Waals surface area contributed by atoms with Gasteiger partial charge in [-0.25, -0.2) is 0 Å². The van der Waals surface area contributed by atoms with Crippen LogP contribution >= 0.6 is 0 Å². The Morgan fingerprint density at radius 1 is 1.42 bits per heavy atom. The number of aromatic nitrogens is 2. The molecule has 3 heteroatoms. The monoisotopic (exact) mass is 163 g/mol. The van der Waals surface area contributed by atoms with Crippen LogP contribution in [0.4, 0.5) is 0 Å². The average molecular weight is 163 g/mol. The first-order chi connectivity index (χ1) is 5.86. The zero-order chi connectivity index (χ0) is 8.13. The molecule has 1 saturated carbocycles. The first-order valence-corrected chi connectivity index (χ1v) is 4.61. The Labute approximate surface area is 71.8 Å². The fourth-order valence-corrected chi connectivity index (χ4v) is 2.03. The van der Waals surface area contributed by atoms with E-state index in [1.807, 2.05) is 4.68 Å². The second-order valence-corrected chi connectivity index (χ2v) is 3.81. The Hall–Kier alpha value is -0.830. The first-order valence-electron chi connectivity index (χ1n) is 4.61. The summed E-state index contributed by atoms with van der Waals surface area (Å²) in [6, 6.07) is 0. The molecule has 3 rings (SSSR count). The molecule has 2 heterocycles. The molecular formula is C9H13N3. The van der Waals surface area contributed by atoms with Crippen molar-refractivity contribution in [3.05, 3.63) is 17.0 Å². The summed E-state index contributed by atoms with van der Waals surface area (Å²) in [7, 11) is 2.05. The molecule has 0 radical (unpaired) electrons. The van der Waals surface area contributed by atoms with E-state index >= 15 is 0 Å². The van der Waals surface area contributed by atoms with E-state index in [0.717, 1.165) is 19.0 Å². The third-order valence-electron chi connectivity index (χ3n) is 2.86. The van der Waals surface area contributed by atoms with Crippen LogP contribution in [0.25, 0.3) is 0 Å². The van der Waals surface area contributed by atoms with E-state index in [1.54, 1.807) is 0 Å². The zero-order valence-corrected chi connectivity index (χ0v) is 7.30. The van der Waals surface area contributed by atoms with Crippen LogP contribution in [-0.2, 0) is 20.1 Å². The molecule has 64 valence electrons. The molecule has 0 amide bonds. The van der Waals surface area contributed by atoms with E-state index < -0.39 is 0 Å². The second kappa shape index (κ2) is 2.10. The van der Waals surface area contributed by atoms with Crippen molar-refractivity contribution in [1.29, 1.82) is 0 Å². The SMILES string of the molecule is Cn1nc(C2CC2)c2c1CNC2. The summed E-state index contributed by atoms with van der Waals surface area (Å²) in [5.41, 5.74) is 4.26. The van der Waals surface area contributed by atoms with E-state index in [4.69, 9.17) is 0 Å². The highest BCUT2D eigenvalue weighted by molar-refractivity contribution is 5.33. The van der Waals surface area contributed by atoms with Crippen LogP contribution in [0.2, 0.25) is 0 Å². The van der Waals surface area contributed by atoms with Crippen molar-refractivity contribution in [2.45, 2.75) is 31.8 Å². The molecule has 12 heavy (non-hydrogen) atoms. The largest absolute Gasteiger partial charge is 0.307 e. The molecule has 0 atom stereocenters. The summed E-state index contributed by atoms with van der Waals surface area (Å²) in [6.07, 6.45) is 2.70. The molecule has 1 fully saturated rings. The van der Waals surface area contributed by atoms with Gasteiger partial charge in [-0.1, -0.05) is 0 Å². The van der Waals surface area contributed by atoms with Crippen LogP contribution in [0, 0.1) is 0 Å². The topological polar surface area (TPSA) is 29.9 Å². The van der Waals surface area contributed by atoms with Gasteiger partial charge in [-0.15, -0.1) is 0 Å². The van der Waals surface area contributed by atoms with Gasteiger partial charge in [0, 0.05) is 31.6 Å². The Bertz CT molecular complexity index is 323. The number of aryl methyl sites for hydroxylation is 1. The minimum absolute atomic E-state index is 0.792. The fraction of sp³-hybridized carbons (Fsp3) is 0.667. The highest BCUT2D eigenvalue weighted by atomic mass is 15.3. The molecule has 1 N–H and O–H groups in total. The van der Waals surface area contributed by atoms with Gasteiger partial charge in [0.1, 0.15) is 0 Å². The summed E-state index contributed by atoms with van der Waals surface area (Å²) in [5.74, 6) is 0.792. The molecule has 0 unspecified atom stereocenters. The van der Waals surface area contributed by atoms with Gasteiger partial charge in [0.15, 0.2) is 0 Å². The Morgan fingerprint density at radius 2 is 2.25 bits per heavy atom. The number of rotatable bonds is 1. The van der Waals surface area contributed by atoms with Crippen LogP contribution in [0.15, 0.2) is 0 Å². The molecule has 1 aliphatic heterocycles. The second-order valence-electron chi connectivity index (χ2n) is 3.81. The van der Waals surface area contributed by atoms with Crippen molar-refractivity contribution in [3.8, 4) is 0 Å². The molecule has 0 spiro atoms. The molecule has 1 aliphatic carbocycles. The number of nitrogens with zero attached hydrogens (tertiary/aromatic N) is 2. The molecule has 2 aliphatic rings. The van der Waals surface area contributed by atoms with Gasteiger partial charge in [0.2, 0.25) is 0 Å². The normalized spacial score (nSPS) is 21.4. The predicted molar refractivity (Wildman–Crippen MR) is 45.7 cm³/mol. The molecule has 3 nitrogen and oxygen atoms in total. The van der Waals surface area contributed by atoms with Crippen LogP contribution < -0.4 is 5.32 Å². The van der Waals surface area contributed by atoms with Gasteiger partial charge in [-0.2, -0.15) is 5.10 Å². The van der Waals surface area contributed by atoms with Crippen molar-refractivity contribution in [2.75, 3.05) is 0 Å².